The molecule has 7 nitrogen and oxygen atoms in total. The monoisotopic (exact) mass is 469 g/mol. The highest BCUT2D eigenvalue weighted by Crippen LogP contribution is 2.39. The molecule has 176 valence electrons. The molecule has 0 aliphatic rings. The van der Waals surface area contributed by atoms with Crippen LogP contribution in [0.4, 0.5) is 0 Å². The third kappa shape index (κ3) is 5.64. The van der Waals surface area contributed by atoms with Crippen molar-refractivity contribution in [2.75, 3.05) is 41.0 Å². The van der Waals surface area contributed by atoms with Crippen molar-refractivity contribution >= 4 is 17.2 Å². The van der Waals surface area contributed by atoms with Gasteiger partial charge in [0.1, 0.15) is 16.5 Å². The fourth-order valence-electron chi connectivity index (χ4n) is 3.81. The van der Waals surface area contributed by atoms with Crippen LogP contribution in [0.3, 0.4) is 0 Å². The zero-order chi connectivity index (χ0) is 23.8. The average Bonchev–Trinajstić information content (AvgIpc) is 3.36. The molecule has 0 spiro atoms. The number of methoxy groups -OCH3 is 3. The first-order valence-electron chi connectivity index (χ1n) is 10.9. The summed E-state index contributed by atoms with van der Waals surface area (Å²) in [5, 5.41) is 5.53. The summed E-state index contributed by atoms with van der Waals surface area (Å²) < 4.78 is 16.3. The molecule has 8 heteroatoms. The van der Waals surface area contributed by atoms with E-state index >= 15 is 0 Å². The van der Waals surface area contributed by atoms with Gasteiger partial charge in [0.05, 0.1) is 32.9 Å². The lowest BCUT2D eigenvalue weighted by molar-refractivity contribution is 0.0930. The summed E-state index contributed by atoms with van der Waals surface area (Å²) in [6, 6.07) is 13.6. The van der Waals surface area contributed by atoms with E-state index in [9.17, 15) is 4.79 Å². The second-order valence-corrected chi connectivity index (χ2v) is 8.16. The Morgan fingerprint density at radius 1 is 1.06 bits per heavy atom. The topological polar surface area (TPSA) is 72.9 Å². The van der Waals surface area contributed by atoms with Crippen LogP contribution in [0.5, 0.6) is 17.2 Å². The van der Waals surface area contributed by atoms with Gasteiger partial charge in [-0.1, -0.05) is 32.0 Å². The van der Waals surface area contributed by atoms with E-state index in [4.69, 9.17) is 14.2 Å². The predicted octanol–water partition coefficient (Wildman–Crippen LogP) is 4.65. The van der Waals surface area contributed by atoms with Gasteiger partial charge in [0.25, 0.3) is 5.91 Å². The first kappa shape index (κ1) is 24.5. The molecule has 0 bridgehead atoms. The van der Waals surface area contributed by atoms with Crippen molar-refractivity contribution in [3.8, 4) is 27.8 Å². The van der Waals surface area contributed by atoms with E-state index in [-0.39, 0.29) is 11.9 Å². The fourth-order valence-corrected chi connectivity index (χ4v) is 4.63. The molecule has 1 atom stereocenters. The van der Waals surface area contributed by atoms with Gasteiger partial charge in [-0.05, 0) is 42.9 Å². The molecule has 3 aromatic rings. The van der Waals surface area contributed by atoms with Crippen molar-refractivity contribution in [2.24, 2.45) is 0 Å². The Kier molecular flexibility index (Phi) is 8.68. The number of aromatic nitrogens is 1. The summed E-state index contributed by atoms with van der Waals surface area (Å²) in [4.78, 5) is 19.8. The minimum absolute atomic E-state index is 0.0237. The number of rotatable bonds is 11. The Balaban J connectivity index is 1.79. The Bertz CT molecular complexity index is 1070. The largest absolute Gasteiger partial charge is 0.497 e. The summed E-state index contributed by atoms with van der Waals surface area (Å²) in [7, 11) is 4.84. The Morgan fingerprint density at radius 3 is 2.48 bits per heavy atom. The van der Waals surface area contributed by atoms with Crippen LogP contribution in [0.25, 0.3) is 10.6 Å². The van der Waals surface area contributed by atoms with Crippen molar-refractivity contribution < 1.29 is 19.0 Å². The Hall–Kier alpha value is -3.10. The van der Waals surface area contributed by atoms with Crippen LogP contribution in [-0.4, -0.2) is 56.8 Å². The molecule has 0 aliphatic heterocycles. The number of para-hydroxylation sites is 1. The van der Waals surface area contributed by atoms with E-state index in [1.54, 1.807) is 26.7 Å². The molecule has 33 heavy (non-hydrogen) atoms. The lowest BCUT2D eigenvalue weighted by atomic mass is 10.0. The first-order valence-corrected chi connectivity index (χ1v) is 11.8. The van der Waals surface area contributed by atoms with Gasteiger partial charge in [0.2, 0.25) is 0 Å². The molecule has 0 saturated carbocycles. The van der Waals surface area contributed by atoms with Crippen LogP contribution in [0, 0.1) is 0 Å². The zero-order valence-corrected chi connectivity index (χ0v) is 20.6. The quantitative estimate of drug-likeness (QED) is 0.441. The van der Waals surface area contributed by atoms with Gasteiger partial charge in [0, 0.05) is 11.9 Å². The lowest BCUT2D eigenvalue weighted by Gasteiger charge is -2.30. The molecule has 0 saturated heterocycles. The number of hydrogen-bond donors (Lipinski definition) is 1. The smallest absolute Gasteiger partial charge is 0.270 e. The maximum atomic E-state index is 13.0. The van der Waals surface area contributed by atoms with Crippen LogP contribution in [0.15, 0.2) is 47.8 Å². The molecule has 1 N–H and O–H groups in total. The SMILES string of the molecule is CCN(CC)C(CNC(=O)c1csc(-c2cccc(OC)c2OC)n1)c1cccc(OC)c1. The van der Waals surface area contributed by atoms with Crippen molar-refractivity contribution in [3.63, 3.8) is 0 Å². The van der Waals surface area contributed by atoms with Crippen molar-refractivity contribution in [1.29, 1.82) is 0 Å². The number of likely N-dealkylation sites (N-methyl/N-ethyl adjacent to an activating group) is 1. The maximum Gasteiger partial charge on any atom is 0.270 e. The van der Waals surface area contributed by atoms with Crippen LogP contribution in [-0.2, 0) is 0 Å². The summed E-state index contributed by atoms with van der Waals surface area (Å²) in [5.74, 6) is 1.81. The molecular weight excluding hydrogens is 438 g/mol. The van der Waals surface area contributed by atoms with Gasteiger partial charge < -0.3 is 19.5 Å². The normalized spacial score (nSPS) is 11.8. The van der Waals surface area contributed by atoms with E-state index in [2.05, 4.69) is 35.1 Å². The maximum absolute atomic E-state index is 13.0. The Labute approximate surface area is 199 Å². The number of thiazole rings is 1. The highest BCUT2D eigenvalue weighted by molar-refractivity contribution is 7.13. The van der Waals surface area contributed by atoms with Crippen LogP contribution < -0.4 is 19.5 Å². The standard InChI is InChI=1S/C25H31N3O4S/c1-6-28(7-2)21(17-10-8-11-18(14-17)30-3)15-26-24(29)20-16-33-25(27-20)19-12-9-13-22(31-4)23(19)32-5/h8-14,16,21H,6-7,15H2,1-5H3,(H,26,29). The molecule has 0 fully saturated rings. The van der Waals surface area contributed by atoms with Gasteiger partial charge in [-0.15, -0.1) is 11.3 Å². The number of carbonyl (C=O) groups is 1. The van der Waals surface area contributed by atoms with E-state index in [1.807, 2.05) is 36.4 Å². The van der Waals surface area contributed by atoms with Crippen LogP contribution in [0.2, 0.25) is 0 Å². The number of nitrogens with one attached hydrogen (secondary N) is 1. The number of benzene rings is 2. The summed E-state index contributed by atoms with van der Waals surface area (Å²) in [6.45, 7) is 6.43. The minimum Gasteiger partial charge on any atom is -0.497 e. The van der Waals surface area contributed by atoms with Gasteiger partial charge in [-0.25, -0.2) is 4.98 Å². The van der Waals surface area contributed by atoms with Gasteiger partial charge in [-0.2, -0.15) is 0 Å². The number of nitrogens with zero attached hydrogens (tertiary/aromatic N) is 2. The van der Waals surface area contributed by atoms with E-state index in [0.717, 1.165) is 30.0 Å². The average molecular weight is 470 g/mol. The second kappa shape index (κ2) is 11.7. The van der Waals surface area contributed by atoms with Gasteiger partial charge in [0.15, 0.2) is 11.5 Å². The first-order chi connectivity index (χ1) is 16.1. The summed E-state index contributed by atoms with van der Waals surface area (Å²) in [6.07, 6.45) is 0. The molecule has 0 radical (unpaired) electrons. The zero-order valence-electron chi connectivity index (χ0n) is 19.8. The summed E-state index contributed by atoms with van der Waals surface area (Å²) in [5.41, 5.74) is 2.26. The van der Waals surface area contributed by atoms with Crippen molar-refractivity contribution in [2.45, 2.75) is 19.9 Å². The molecule has 3 rings (SSSR count). The number of amides is 1. The van der Waals surface area contributed by atoms with Crippen LogP contribution in [0.1, 0.15) is 35.9 Å². The van der Waals surface area contributed by atoms with E-state index < -0.39 is 0 Å². The molecule has 2 aromatic carbocycles. The molecule has 0 aliphatic carbocycles. The van der Waals surface area contributed by atoms with Gasteiger partial charge >= 0.3 is 0 Å². The van der Waals surface area contributed by atoms with E-state index in [1.165, 1.54) is 11.3 Å². The second-order valence-electron chi connectivity index (χ2n) is 7.30. The molecule has 1 heterocycles. The molecule has 1 unspecified atom stereocenters. The highest BCUT2D eigenvalue weighted by Gasteiger charge is 2.21. The Morgan fingerprint density at radius 2 is 1.82 bits per heavy atom. The number of carbonyl (C=O) groups excluding carboxylic acids is 1. The number of hydrogen-bond acceptors (Lipinski definition) is 7. The van der Waals surface area contributed by atoms with Crippen molar-refractivity contribution in [3.05, 3.63) is 59.1 Å². The third-order valence-electron chi connectivity index (χ3n) is 5.56. The predicted molar refractivity (Wildman–Crippen MR) is 132 cm³/mol. The summed E-state index contributed by atoms with van der Waals surface area (Å²) >= 11 is 1.40. The van der Waals surface area contributed by atoms with Gasteiger partial charge in [-0.3, -0.25) is 9.69 Å². The van der Waals surface area contributed by atoms with E-state index in [0.29, 0.717) is 28.7 Å². The molecule has 1 amide bonds. The minimum atomic E-state index is -0.209. The van der Waals surface area contributed by atoms with Crippen LogP contribution >= 0.6 is 11.3 Å². The fraction of sp³-hybridized carbons (Fsp3) is 0.360. The lowest BCUT2D eigenvalue weighted by Crippen LogP contribution is -2.38. The third-order valence-corrected chi connectivity index (χ3v) is 6.43. The van der Waals surface area contributed by atoms with Crippen molar-refractivity contribution in [1.82, 2.24) is 15.2 Å². The number of ether oxygens (including phenoxy) is 3. The highest BCUT2D eigenvalue weighted by atomic mass is 32.1. The molecular formula is C25H31N3O4S. The molecule has 1 aromatic heterocycles.